The standard InChI is InChI=1S/C20H18O6/c1-2-9-25-19(24)8-5-12-3-7-16(22)20-14(12)11-18(26-20)13-4-6-15(21)17(23)10-13/h3-8,10-11,21-23H,2,9H2,1H3/b8-5+. The van der Waals surface area contributed by atoms with E-state index in [1.54, 1.807) is 24.3 Å². The van der Waals surface area contributed by atoms with Gasteiger partial charge in [-0.1, -0.05) is 13.0 Å². The maximum Gasteiger partial charge on any atom is 0.330 e. The molecule has 6 nitrogen and oxygen atoms in total. The molecule has 0 atom stereocenters. The molecule has 6 heteroatoms. The predicted molar refractivity (Wildman–Crippen MR) is 96.9 cm³/mol. The third-order valence-corrected chi connectivity index (χ3v) is 3.80. The number of phenolic OH excluding ortho intramolecular Hbond substituents is 3. The van der Waals surface area contributed by atoms with Gasteiger partial charge in [-0.3, -0.25) is 0 Å². The van der Waals surface area contributed by atoms with Crippen molar-refractivity contribution < 1.29 is 29.3 Å². The van der Waals surface area contributed by atoms with Gasteiger partial charge >= 0.3 is 5.97 Å². The highest BCUT2D eigenvalue weighted by Gasteiger charge is 2.14. The first-order chi connectivity index (χ1) is 12.5. The molecule has 26 heavy (non-hydrogen) atoms. The Morgan fingerprint density at radius 1 is 1.08 bits per heavy atom. The Kier molecular flexibility index (Phi) is 4.84. The molecule has 0 aliphatic carbocycles. The van der Waals surface area contributed by atoms with E-state index >= 15 is 0 Å². The lowest BCUT2D eigenvalue weighted by atomic mass is 10.1. The van der Waals surface area contributed by atoms with Gasteiger partial charge in [-0.05, 0) is 48.4 Å². The van der Waals surface area contributed by atoms with Gasteiger partial charge in [-0.25, -0.2) is 4.79 Å². The summed E-state index contributed by atoms with van der Waals surface area (Å²) in [6.07, 6.45) is 3.65. The molecule has 0 bridgehead atoms. The van der Waals surface area contributed by atoms with Crippen molar-refractivity contribution in [1.82, 2.24) is 0 Å². The minimum absolute atomic E-state index is 0.0417. The van der Waals surface area contributed by atoms with Crippen LogP contribution in [0.3, 0.4) is 0 Å². The number of esters is 1. The minimum Gasteiger partial charge on any atom is -0.504 e. The zero-order valence-electron chi connectivity index (χ0n) is 14.1. The van der Waals surface area contributed by atoms with Crippen LogP contribution in [-0.2, 0) is 9.53 Å². The van der Waals surface area contributed by atoms with E-state index in [-0.39, 0.29) is 22.8 Å². The van der Waals surface area contributed by atoms with Crippen LogP contribution in [0.1, 0.15) is 18.9 Å². The quantitative estimate of drug-likeness (QED) is 0.361. The summed E-state index contributed by atoms with van der Waals surface area (Å²) >= 11 is 0. The highest BCUT2D eigenvalue weighted by molar-refractivity contribution is 5.97. The summed E-state index contributed by atoms with van der Waals surface area (Å²) in [6, 6.07) is 9.12. The smallest absolute Gasteiger partial charge is 0.330 e. The molecule has 1 aromatic heterocycles. The van der Waals surface area contributed by atoms with Gasteiger partial charge in [-0.2, -0.15) is 0 Å². The molecule has 3 rings (SSSR count). The molecule has 0 aliphatic heterocycles. The number of aromatic hydroxyl groups is 3. The Bertz CT molecular complexity index is 983. The van der Waals surface area contributed by atoms with Gasteiger partial charge in [0.15, 0.2) is 22.8 Å². The van der Waals surface area contributed by atoms with Crippen LogP contribution in [0, 0.1) is 0 Å². The first-order valence-corrected chi connectivity index (χ1v) is 8.12. The molecule has 0 fully saturated rings. The van der Waals surface area contributed by atoms with Gasteiger partial charge in [0.05, 0.1) is 6.61 Å². The number of rotatable bonds is 5. The number of furan rings is 1. The fraction of sp³-hybridized carbons (Fsp3) is 0.150. The molecule has 0 unspecified atom stereocenters. The second-order valence-corrected chi connectivity index (χ2v) is 5.73. The highest BCUT2D eigenvalue weighted by Crippen LogP contribution is 2.37. The second kappa shape index (κ2) is 7.23. The summed E-state index contributed by atoms with van der Waals surface area (Å²) < 4.78 is 10.7. The van der Waals surface area contributed by atoms with Crippen molar-refractivity contribution >= 4 is 23.0 Å². The van der Waals surface area contributed by atoms with E-state index in [4.69, 9.17) is 9.15 Å². The normalized spacial score (nSPS) is 11.3. The Balaban J connectivity index is 2.00. The topological polar surface area (TPSA) is 100 Å². The van der Waals surface area contributed by atoms with E-state index in [1.165, 1.54) is 24.3 Å². The molecule has 134 valence electrons. The minimum atomic E-state index is -0.444. The van der Waals surface area contributed by atoms with Crippen molar-refractivity contribution in [3.63, 3.8) is 0 Å². The molecule has 0 radical (unpaired) electrons. The van der Waals surface area contributed by atoms with E-state index in [2.05, 4.69) is 0 Å². The number of ether oxygens (including phenoxy) is 1. The SMILES string of the molecule is CCCOC(=O)/C=C/c1ccc(O)c2oc(-c3ccc(O)c(O)c3)cc12. The summed E-state index contributed by atoms with van der Waals surface area (Å²) in [4.78, 5) is 11.6. The van der Waals surface area contributed by atoms with Crippen LogP contribution in [0.5, 0.6) is 17.2 Å². The maximum atomic E-state index is 11.6. The predicted octanol–water partition coefficient (Wildman–Crippen LogP) is 4.18. The number of hydrogen-bond donors (Lipinski definition) is 3. The summed E-state index contributed by atoms with van der Waals surface area (Å²) in [5, 5.41) is 29.7. The third-order valence-electron chi connectivity index (χ3n) is 3.80. The Morgan fingerprint density at radius 3 is 2.58 bits per heavy atom. The average molecular weight is 354 g/mol. The molecule has 0 spiro atoms. The summed E-state index contributed by atoms with van der Waals surface area (Å²) in [5.41, 5.74) is 1.47. The summed E-state index contributed by atoms with van der Waals surface area (Å²) in [6.45, 7) is 2.27. The number of carbonyl (C=O) groups is 1. The zero-order chi connectivity index (χ0) is 18.7. The lowest BCUT2D eigenvalue weighted by molar-refractivity contribution is -0.137. The van der Waals surface area contributed by atoms with Crippen LogP contribution in [0.2, 0.25) is 0 Å². The monoisotopic (exact) mass is 354 g/mol. The lowest BCUT2D eigenvalue weighted by Gasteiger charge is -2.00. The number of fused-ring (bicyclic) bond motifs is 1. The molecule has 3 aromatic rings. The van der Waals surface area contributed by atoms with Crippen molar-refractivity contribution in [3.05, 3.63) is 48.0 Å². The maximum absolute atomic E-state index is 11.6. The van der Waals surface area contributed by atoms with Gasteiger partial charge in [0.25, 0.3) is 0 Å². The van der Waals surface area contributed by atoms with Gasteiger partial charge in [0.2, 0.25) is 0 Å². The molecule has 0 saturated carbocycles. The molecular weight excluding hydrogens is 336 g/mol. The van der Waals surface area contributed by atoms with Crippen LogP contribution in [-0.4, -0.2) is 27.9 Å². The summed E-state index contributed by atoms with van der Waals surface area (Å²) in [7, 11) is 0. The Labute approximate surface area is 149 Å². The van der Waals surface area contributed by atoms with Gasteiger partial charge < -0.3 is 24.5 Å². The van der Waals surface area contributed by atoms with Crippen LogP contribution in [0.15, 0.2) is 46.9 Å². The Hall–Kier alpha value is -3.41. The molecule has 0 aliphatic rings. The first-order valence-electron chi connectivity index (χ1n) is 8.12. The number of phenols is 3. The van der Waals surface area contributed by atoms with Gasteiger partial charge in [0, 0.05) is 17.0 Å². The van der Waals surface area contributed by atoms with Crippen LogP contribution in [0.4, 0.5) is 0 Å². The lowest BCUT2D eigenvalue weighted by Crippen LogP contribution is -2.00. The fourth-order valence-electron chi connectivity index (χ4n) is 2.50. The Morgan fingerprint density at radius 2 is 1.85 bits per heavy atom. The average Bonchev–Trinajstić information content (AvgIpc) is 3.08. The van der Waals surface area contributed by atoms with Crippen molar-refractivity contribution in [3.8, 4) is 28.6 Å². The molecule has 3 N–H and O–H groups in total. The van der Waals surface area contributed by atoms with Crippen molar-refractivity contribution in [1.29, 1.82) is 0 Å². The molecule has 1 heterocycles. The van der Waals surface area contributed by atoms with Gasteiger partial charge in [-0.15, -0.1) is 0 Å². The second-order valence-electron chi connectivity index (χ2n) is 5.73. The number of carbonyl (C=O) groups excluding carboxylic acids is 1. The molecular formula is C20H18O6. The molecule has 0 saturated heterocycles. The zero-order valence-corrected chi connectivity index (χ0v) is 14.1. The summed E-state index contributed by atoms with van der Waals surface area (Å²) in [5.74, 6) is -0.590. The van der Waals surface area contributed by atoms with Crippen molar-refractivity contribution in [2.75, 3.05) is 6.61 Å². The van der Waals surface area contributed by atoms with Crippen molar-refractivity contribution in [2.45, 2.75) is 13.3 Å². The van der Waals surface area contributed by atoms with Crippen LogP contribution in [0.25, 0.3) is 28.4 Å². The largest absolute Gasteiger partial charge is 0.504 e. The van der Waals surface area contributed by atoms with Crippen molar-refractivity contribution in [2.24, 2.45) is 0 Å². The van der Waals surface area contributed by atoms with Gasteiger partial charge in [0.1, 0.15) is 5.76 Å². The molecule has 2 aromatic carbocycles. The number of hydrogen-bond acceptors (Lipinski definition) is 6. The third kappa shape index (κ3) is 3.49. The first kappa shape index (κ1) is 17.4. The van der Waals surface area contributed by atoms with E-state index in [1.807, 2.05) is 6.92 Å². The van der Waals surface area contributed by atoms with Crippen LogP contribution < -0.4 is 0 Å². The molecule has 0 amide bonds. The van der Waals surface area contributed by atoms with Crippen LogP contribution >= 0.6 is 0 Å². The number of benzene rings is 2. The van der Waals surface area contributed by atoms with E-state index in [9.17, 15) is 20.1 Å². The fourth-order valence-corrected chi connectivity index (χ4v) is 2.50. The van der Waals surface area contributed by atoms with E-state index in [0.717, 1.165) is 6.42 Å². The highest BCUT2D eigenvalue weighted by atomic mass is 16.5. The van der Waals surface area contributed by atoms with E-state index < -0.39 is 5.97 Å². The van der Waals surface area contributed by atoms with E-state index in [0.29, 0.717) is 28.9 Å².